The quantitative estimate of drug-likeness (QED) is 0.551. The number of carbonyl (C=O) groups excluding carboxylic acids is 2. The molecule has 1 aromatic heterocycles. The first-order chi connectivity index (χ1) is 17.1. The smallest absolute Gasteiger partial charge is 0.254 e. The molecule has 2 amide bonds. The van der Waals surface area contributed by atoms with Gasteiger partial charge < -0.3 is 14.7 Å². The average Bonchev–Trinajstić information content (AvgIpc) is 3.05. The average molecular weight is 469 g/mol. The van der Waals surface area contributed by atoms with Crippen molar-refractivity contribution in [1.29, 1.82) is 0 Å². The third-order valence-corrected chi connectivity index (χ3v) is 7.25. The molecule has 180 valence electrons. The predicted octanol–water partition coefficient (Wildman–Crippen LogP) is 4.55. The highest BCUT2D eigenvalue weighted by Crippen LogP contribution is 2.30. The number of carbonyl (C=O) groups is 2. The van der Waals surface area contributed by atoms with Crippen LogP contribution in [-0.4, -0.2) is 47.9 Å². The van der Waals surface area contributed by atoms with E-state index in [2.05, 4.69) is 28.9 Å². The molecule has 0 unspecified atom stereocenters. The molecule has 35 heavy (non-hydrogen) atoms. The molecule has 1 saturated heterocycles. The van der Waals surface area contributed by atoms with Gasteiger partial charge in [0.2, 0.25) is 5.91 Å². The number of rotatable bonds is 5. The first-order valence-corrected chi connectivity index (χ1v) is 12.5. The molecule has 0 saturated carbocycles. The van der Waals surface area contributed by atoms with Crippen molar-refractivity contribution in [3.8, 4) is 0 Å². The minimum atomic E-state index is -0.0942. The summed E-state index contributed by atoms with van der Waals surface area (Å²) in [6.45, 7) is 5.26. The van der Waals surface area contributed by atoms with E-state index in [4.69, 9.17) is 0 Å². The largest absolute Gasteiger partial charge is 0.371 e. The van der Waals surface area contributed by atoms with Gasteiger partial charge in [0.05, 0.1) is 0 Å². The number of fused-ring (bicyclic) bond motifs is 1. The Morgan fingerprint density at radius 1 is 0.943 bits per heavy atom. The zero-order valence-corrected chi connectivity index (χ0v) is 20.3. The summed E-state index contributed by atoms with van der Waals surface area (Å²) < 4.78 is 0. The molecule has 0 N–H and O–H groups in total. The zero-order chi connectivity index (χ0) is 24.2. The van der Waals surface area contributed by atoms with E-state index in [1.54, 1.807) is 4.90 Å². The van der Waals surface area contributed by atoms with Gasteiger partial charge in [0, 0.05) is 55.5 Å². The van der Waals surface area contributed by atoms with Crippen LogP contribution in [0.4, 0.5) is 11.4 Å². The molecule has 6 heteroatoms. The monoisotopic (exact) mass is 468 g/mol. The third-order valence-electron chi connectivity index (χ3n) is 7.25. The van der Waals surface area contributed by atoms with E-state index in [0.29, 0.717) is 24.6 Å². The van der Waals surface area contributed by atoms with Crippen LogP contribution in [0.25, 0.3) is 0 Å². The number of pyridine rings is 1. The molecule has 3 aromatic rings. The van der Waals surface area contributed by atoms with Crippen LogP contribution in [0.1, 0.15) is 41.3 Å². The van der Waals surface area contributed by atoms with Crippen LogP contribution in [-0.2, 0) is 17.8 Å². The van der Waals surface area contributed by atoms with Crippen LogP contribution in [0, 0.1) is 5.92 Å². The normalized spacial score (nSPS) is 16.7. The summed E-state index contributed by atoms with van der Waals surface area (Å²) in [5.41, 5.74) is 4.98. The predicted molar refractivity (Wildman–Crippen MR) is 139 cm³/mol. The van der Waals surface area contributed by atoms with Gasteiger partial charge in [0.1, 0.15) is 6.54 Å². The van der Waals surface area contributed by atoms with Crippen molar-refractivity contribution < 1.29 is 9.59 Å². The summed E-state index contributed by atoms with van der Waals surface area (Å²) >= 11 is 0. The maximum atomic E-state index is 13.5. The standard InChI is InChI=1S/C29H32N4O2/c1-2-22-7-9-24(10-8-22)29(35)32-20-25-5-3-4-6-27(25)33(28(34)21-32)19-23-13-17-31(18-14-23)26-11-15-30-16-12-26/h3-12,15-16,23H,2,13-14,17-21H2,1H3. The summed E-state index contributed by atoms with van der Waals surface area (Å²) in [4.78, 5) is 36.9. The van der Waals surface area contributed by atoms with E-state index < -0.39 is 0 Å². The van der Waals surface area contributed by atoms with Crippen LogP contribution in [0.3, 0.4) is 0 Å². The van der Waals surface area contributed by atoms with E-state index in [1.807, 2.05) is 65.8 Å². The van der Waals surface area contributed by atoms with Crippen molar-refractivity contribution in [1.82, 2.24) is 9.88 Å². The fraction of sp³-hybridized carbons (Fsp3) is 0.345. The highest BCUT2D eigenvalue weighted by Gasteiger charge is 2.31. The maximum absolute atomic E-state index is 13.5. The minimum absolute atomic E-state index is 0.00922. The van der Waals surface area contributed by atoms with Gasteiger partial charge in [0.25, 0.3) is 5.91 Å². The highest BCUT2D eigenvalue weighted by molar-refractivity contribution is 6.01. The number of anilines is 2. The van der Waals surface area contributed by atoms with E-state index >= 15 is 0 Å². The summed E-state index contributed by atoms with van der Waals surface area (Å²) in [6.07, 6.45) is 6.65. The number of amides is 2. The second kappa shape index (κ2) is 10.3. The highest BCUT2D eigenvalue weighted by atomic mass is 16.2. The molecular formula is C29H32N4O2. The fourth-order valence-corrected chi connectivity index (χ4v) is 5.15. The first kappa shape index (κ1) is 23.1. The number of piperidine rings is 1. The third kappa shape index (κ3) is 5.06. The van der Waals surface area contributed by atoms with Crippen LogP contribution in [0.15, 0.2) is 73.1 Å². The first-order valence-electron chi connectivity index (χ1n) is 12.5. The van der Waals surface area contributed by atoms with Crippen LogP contribution in [0.5, 0.6) is 0 Å². The van der Waals surface area contributed by atoms with Gasteiger partial charge in [-0.15, -0.1) is 0 Å². The van der Waals surface area contributed by atoms with Gasteiger partial charge in [-0.1, -0.05) is 37.3 Å². The molecule has 0 spiro atoms. The molecule has 2 aliphatic heterocycles. The molecule has 6 nitrogen and oxygen atoms in total. The van der Waals surface area contributed by atoms with Gasteiger partial charge in [-0.3, -0.25) is 14.6 Å². The lowest BCUT2D eigenvalue weighted by Gasteiger charge is -2.36. The Morgan fingerprint density at radius 2 is 1.66 bits per heavy atom. The van der Waals surface area contributed by atoms with Crippen molar-refractivity contribution in [2.75, 3.05) is 36.0 Å². The Bertz CT molecular complexity index is 1170. The molecule has 3 heterocycles. The van der Waals surface area contributed by atoms with Gasteiger partial charge in [-0.2, -0.15) is 0 Å². The Hall–Kier alpha value is -3.67. The number of aryl methyl sites for hydroxylation is 1. The molecule has 0 atom stereocenters. The Labute approximate surface area is 207 Å². The van der Waals surface area contributed by atoms with Crippen molar-refractivity contribution in [3.05, 3.63) is 89.7 Å². The molecule has 0 bridgehead atoms. The number of hydrogen-bond donors (Lipinski definition) is 0. The summed E-state index contributed by atoms with van der Waals surface area (Å²) in [6, 6.07) is 19.8. The number of hydrogen-bond acceptors (Lipinski definition) is 4. The molecule has 0 aliphatic carbocycles. The van der Waals surface area contributed by atoms with Crippen LogP contribution >= 0.6 is 0 Å². The summed E-state index contributed by atoms with van der Waals surface area (Å²) in [5, 5.41) is 0. The number of aromatic nitrogens is 1. The molecule has 1 fully saturated rings. The molecule has 0 radical (unpaired) electrons. The van der Waals surface area contributed by atoms with Crippen molar-refractivity contribution in [3.63, 3.8) is 0 Å². The second-order valence-electron chi connectivity index (χ2n) is 9.48. The van der Waals surface area contributed by atoms with Crippen molar-refractivity contribution in [2.45, 2.75) is 32.7 Å². The minimum Gasteiger partial charge on any atom is -0.371 e. The van der Waals surface area contributed by atoms with Gasteiger partial charge >= 0.3 is 0 Å². The molecule has 5 rings (SSSR count). The Kier molecular flexibility index (Phi) is 6.80. The van der Waals surface area contributed by atoms with E-state index in [9.17, 15) is 9.59 Å². The lowest BCUT2D eigenvalue weighted by molar-refractivity contribution is -0.119. The Balaban J connectivity index is 1.30. The van der Waals surface area contributed by atoms with Gasteiger partial charge in [0.15, 0.2) is 0 Å². The SMILES string of the molecule is CCc1ccc(C(=O)N2CC(=O)N(CC3CCN(c4ccncc4)CC3)c3ccccc3C2)cc1. The van der Waals surface area contributed by atoms with Crippen molar-refractivity contribution in [2.24, 2.45) is 5.92 Å². The summed E-state index contributed by atoms with van der Waals surface area (Å²) in [7, 11) is 0. The van der Waals surface area contributed by atoms with Gasteiger partial charge in [-0.05, 0) is 66.6 Å². The molecule has 2 aromatic carbocycles. The lowest BCUT2D eigenvalue weighted by Crippen LogP contribution is -2.44. The fourth-order valence-electron chi connectivity index (χ4n) is 5.15. The lowest BCUT2D eigenvalue weighted by atomic mass is 9.95. The molecular weight excluding hydrogens is 436 g/mol. The molecule has 2 aliphatic rings. The van der Waals surface area contributed by atoms with Crippen molar-refractivity contribution >= 4 is 23.2 Å². The zero-order valence-electron chi connectivity index (χ0n) is 20.3. The number of para-hydroxylation sites is 1. The van der Waals surface area contributed by atoms with Crippen LogP contribution < -0.4 is 9.80 Å². The van der Waals surface area contributed by atoms with Crippen LogP contribution in [0.2, 0.25) is 0 Å². The second-order valence-corrected chi connectivity index (χ2v) is 9.48. The van der Waals surface area contributed by atoms with Gasteiger partial charge in [-0.25, -0.2) is 0 Å². The topological polar surface area (TPSA) is 56.8 Å². The number of nitrogens with zero attached hydrogens (tertiary/aromatic N) is 4. The van der Waals surface area contributed by atoms with E-state index in [-0.39, 0.29) is 18.4 Å². The Morgan fingerprint density at radius 3 is 2.37 bits per heavy atom. The number of benzene rings is 2. The maximum Gasteiger partial charge on any atom is 0.254 e. The van der Waals surface area contributed by atoms with E-state index in [1.165, 1.54) is 11.3 Å². The van der Waals surface area contributed by atoms with E-state index in [0.717, 1.165) is 43.6 Å². The summed E-state index contributed by atoms with van der Waals surface area (Å²) in [5.74, 6) is 0.322.